The summed E-state index contributed by atoms with van der Waals surface area (Å²) < 4.78 is 0. The Morgan fingerprint density at radius 2 is 2.00 bits per heavy atom. The van der Waals surface area contributed by atoms with Crippen molar-refractivity contribution < 1.29 is 4.79 Å². The fourth-order valence-corrected chi connectivity index (χ4v) is 3.42. The minimum Gasteiger partial charge on any atom is -0.310 e. The average Bonchev–Trinajstić information content (AvgIpc) is 2.36. The number of nitrogens with one attached hydrogen (secondary N) is 1. The third-order valence-electron chi connectivity index (χ3n) is 4.84. The van der Waals surface area contributed by atoms with Gasteiger partial charge in [0.05, 0.1) is 6.04 Å². The molecule has 0 amide bonds. The molecule has 2 fully saturated rings. The molecule has 2 saturated carbocycles. The molecule has 3 unspecified atom stereocenters. The fraction of sp³-hybridized carbons (Fsp3) is 0.909. The van der Waals surface area contributed by atoms with Crippen molar-refractivity contribution in [3.8, 4) is 0 Å². The van der Waals surface area contributed by atoms with Gasteiger partial charge in [-0.15, -0.1) is 0 Å². The molecule has 0 aromatic heterocycles. The second kappa shape index (κ2) is 2.35. The number of carbonyl (C=O) groups is 1. The lowest BCUT2D eigenvalue weighted by molar-refractivity contribution is -0.129. The van der Waals surface area contributed by atoms with Crippen molar-refractivity contribution in [2.24, 2.45) is 16.7 Å². The molecule has 74 valence electrons. The monoisotopic (exact) mass is 181 g/mol. The molecule has 0 heterocycles. The molecule has 0 aromatic rings. The fourth-order valence-electron chi connectivity index (χ4n) is 3.42. The summed E-state index contributed by atoms with van der Waals surface area (Å²) >= 11 is 0. The van der Waals surface area contributed by atoms with Crippen LogP contribution in [0.4, 0.5) is 0 Å². The van der Waals surface area contributed by atoms with Crippen LogP contribution >= 0.6 is 0 Å². The number of carbonyl (C=O) groups excluding carboxylic acids is 1. The Kier molecular flexibility index (Phi) is 1.66. The van der Waals surface area contributed by atoms with E-state index in [9.17, 15) is 4.79 Å². The minimum atomic E-state index is -0.0641. The van der Waals surface area contributed by atoms with Gasteiger partial charge in [0.15, 0.2) is 5.78 Å². The highest BCUT2D eigenvalue weighted by molar-refractivity contribution is 5.94. The number of ketones is 1. The normalized spacial score (nSPS) is 47.2. The Balaban J connectivity index is 2.44. The number of Topliss-reactive ketones (excluding diaryl/α,β-unsaturated/α-hetero) is 1. The second-order valence-corrected chi connectivity index (χ2v) is 5.33. The molecule has 13 heavy (non-hydrogen) atoms. The number of fused-ring (bicyclic) bond motifs is 2. The summed E-state index contributed by atoms with van der Waals surface area (Å²) in [6, 6.07) is 0.119. The lowest BCUT2D eigenvalue weighted by atomic mass is 9.70. The van der Waals surface area contributed by atoms with E-state index in [1.165, 1.54) is 6.42 Å². The van der Waals surface area contributed by atoms with Crippen LogP contribution in [0.5, 0.6) is 0 Å². The van der Waals surface area contributed by atoms with Crippen molar-refractivity contribution in [3.05, 3.63) is 0 Å². The van der Waals surface area contributed by atoms with Crippen LogP contribution in [0.15, 0.2) is 0 Å². The zero-order valence-corrected chi connectivity index (χ0v) is 8.98. The number of rotatable bonds is 1. The number of likely N-dealkylation sites (N-methyl/N-ethyl adjacent to an activating group) is 1. The highest BCUT2D eigenvalue weighted by atomic mass is 16.1. The lowest BCUT2D eigenvalue weighted by Crippen LogP contribution is -2.41. The molecule has 0 radical (unpaired) electrons. The molecule has 0 spiro atoms. The predicted octanol–water partition coefficient (Wildman–Crippen LogP) is 1.60. The first-order chi connectivity index (χ1) is 5.95. The first kappa shape index (κ1) is 9.20. The molecule has 2 aliphatic rings. The summed E-state index contributed by atoms with van der Waals surface area (Å²) in [6.07, 6.45) is 2.29. The minimum absolute atomic E-state index is 0.0641. The van der Waals surface area contributed by atoms with E-state index in [-0.39, 0.29) is 16.9 Å². The van der Waals surface area contributed by atoms with Crippen molar-refractivity contribution in [1.82, 2.24) is 5.32 Å². The van der Waals surface area contributed by atoms with Crippen LogP contribution in [0.3, 0.4) is 0 Å². The van der Waals surface area contributed by atoms with Crippen LogP contribution < -0.4 is 5.32 Å². The second-order valence-electron chi connectivity index (χ2n) is 5.33. The molecule has 2 heteroatoms. The van der Waals surface area contributed by atoms with Crippen molar-refractivity contribution in [2.45, 2.75) is 39.7 Å². The Morgan fingerprint density at radius 3 is 2.31 bits per heavy atom. The van der Waals surface area contributed by atoms with Crippen molar-refractivity contribution in [2.75, 3.05) is 7.05 Å². The molecule has 2 rings (SSSR count). The zero-order valence-electron chi connectivity index (χ0n) is 8.98. The summed E-state index contributed by atoms with van der Waals surface area (Å²) in [5, 5.41) is 3.18. The summed E-state index contributed by atoms with van der Waals surface area (Å²) in [5.41, 5.74) is 0.128. The predicted molar refractivity (Wildman–Crippen MR) is 52.5 cm³/mol. The first-order valence-corrected chi connectivity index (χ1v) is 5.17. The average molecular weight is 181 g/mol. The van der Waals surface area contributed by atoms with Gasteiger partial charge in [0, 0.05) is 5.41 Å². The standard InChI is InChI=1S/C11H19NO/c1-10(2)7-5-6-11(10,3)9(13)8(7)12-4/h7-8,12H,5-6H2,1-4H3. The van der Waals surface area contributed by atoms with Gasteiger partial charge in [-0.3, -0.25) is 4.79 Å². The van der Waals surface area contributed by atoms with Crippen LogP contribution in [-0.2, 0) is 4.79 Å². The molecule has 1 N–H and O–H groups in total. The van der Waals surface area contributed by atoms with Gasteiger partial charge in [-0.05, 0) is 31.2 Å². The Bertz CT molecular complexity index is 259. The van der Waals surface area contributed by atoms with E-state index in [4.69, 9.17) is 0 Å². The van der Waals surface area contributed by atoms with Gasteiger partial charge in [0.25, 0.3) is 0 Å². The molecular weight excluding hydrogens is 162 g/mol. The van der Waals surface area contributed by atoms with Gasteiger partial charge in [-0.2, -0.15) is 0 Å². The van der Waals surface area contributed by atoms with Crippen molar-refractivity contribution >= 4 is 5.78 Å². The zero-order chi connectivity index (χ0) is 9.85. The highest BCUT2D eigenvalue weighted by Crippen LogP contribution is 2.63. The molecule has 0 saturated heterocycles. The molecule has 2 aliphatic carbocycles. The van der Waals surface area contributed by atoms with Gasteiger partial charge in [-0.25, -0.2) is 0 Å². The van der Waals surface area contributed by atoms with E-state index < -0.39 is 0 Å². The SMILES string of the molecule is CNC1C(=O)C2(C)CCC1C2(C)C. The summed E-state index contributed by atoms with van der Waals surface area (Å²) in [7, 11) is 1.91. The molecule has 2 nitrogen and oxygen atoms in total. The summed E-state index contributed by atoms with van der Waals surface area (Å²) in [6.45, 7) is 6.65. The lowest BCUT2D eigenvalue weighted by Gasteiger charge is -2.32. The topological polar surface area (TPSA) is 29.1 Å². The smallest absolute Gasteiger partial charge is 0.156 e. The largest absolute Gasteiger partial charge is 0.310 e. The third kappa shape index (κ3) is 0.804. The molecule has 2 bridgehead atoms. The molecule has 3 atom stereocenters. The van der Waals surface area contributed by atoms with Gasteiger partial charge < -0.3 is 5.32 Å². The van der Waals surface area contributed by atoms with Crippen molar-refractivity contribution in [3.63, 3.8) is 0 Å². The van der Waals surface area contributed by atoms with Crippen LogP contribution in [0.25, 0.3) is 0 Å². The van der Waals surface area contributed by atoms with Crippen LogP contribution in [-0.4, -0.2) is 18.9 Å². The van der Waals surface area contributed by atoms with E-state index in [1.54, 1.807) is 0 Å². The van der Waals surface area contributed by atoms with Crippen LogP contribution in [0, 0.1) is 16.7 Å². The maximum atomic E-state index is 12.1. The third-order valence-corrected chi connectivity index (χ3v) is 4.84. The van der Waals surface area contributed by atoms with E-state index in [1.807, 2.05) is 7.05 Å². The summed E-state index contributed by atoms with van der Waals surface area (Å²) in [5.74, 6) is 0.992. The number of hydrogen-bond acceptors (Lipinski definition) is 2. The van der Waals surface area contributed by atoms with Gasteiger partial charge in [0.2, 0.25) is 0 Å². The summed E-state index contributed by atoms with van der Waals surface area (Å²) in [4.78, 5) is 12.1. The van der Waals surface area contributed by atoms with Crippen molar-refractivity contribution in [1.29, 1.82) is 0 Å². The maximum Gasteiger partial charge on any atom is 0.156 e. The van der Waals surface area contributed by atoms with Gasteiger partial charge >= 0.3 is 0 Å². The molecule has 0 aromatic carbocycles. The van der Waals surface area contributed by atoms with E-state index in [0.29, 0.717) is 11.7 Å². The van der Waals surface area contributed by atoms with Gasteiger partial charge in [-0.1, -0.05) is 20.8 Å². The van der Waals surface area contributed by atoms with Gasteiger partial charge in [0.1, 0.15) is 0 Å². The Labute approximate surface area is 80.1 Å². The highest BCUT2D eigenvalue weighted by Gasteiger charge is 2.65. The Morgan fingerprint density at radius 1 is 1.38 bits per heavy atom. The van der Waals surface area contributed by atoms with Crippen LogP contribution in [0.1, 0.15) is 33.6 Å². The van der Waals surface area contributed by atoms with E-state index in [2.05, 4.69) is 26.1 Å². The maximum absolute atomic E-state index is 12.1. The number of hydrogen-bond donors (Lipinski definition) is 1. The molecular formula is C11H19NO. The molecule has 0 aliphatic heterocycles. The quantitative estimate of drug-likeness (QED) is 0.665. The first-order valence-electron chi connectivity index (χ1n) is 5.17. The van der Waals surface area contributed by atoms with Crippen LogP contribution in [0.2, 0.25) is 0 Å². The van der Waals surface area contributed by atoms with E-state index in [0.717, 1.165) is 6.42 Å². The van der Waals surface area contributed by atoms with E-state index >= 15 is 0 Å². The Hall–Kier alpha value is -0.370.